The van der Waals surface area contributed by atoms with Crippen molar-refractivity contribution in [3.05, 3.63) is 16.5 Å². The fourth-order valence-electron chi connectivity index (χ4n) is 0.597. The van der Waals surface area contributed by atoms with E-state index in [0.29, 0.717) is 16.1 Å². The Morgan fingerprint density at radius 1 is 1.80 bits per heavy atom. The predicted molar refractivity (Wildman–Crippen MR) is 38.9 cm³/mol. The zero-order valence-corrected chi connectivity index (χ0v) is 6.81. The molecular formula is C6H4BrNO2. The highest BCUT2D eigenvalue weighted by molar-refractivity contribution is 9.10. The van der Waals surface area contributed by atoms with Crippen LogP contribution in [-0.2, 0) is 4.79 Å². The molecule has 0 aliphatic rings. The molecule has 0 radical (unpaired) electrons. The number of halogens is 1. The molecule has 0 aromatic carbocycles. The van der Waals surface area contributed by atoms with Crippen LogP contribution in [0.3, 0.4) is 0 Å². The zero-order valence-electron chi connectivity index (χ0n) is 5.22. The Morgan fingerprint density at radius 3 is 2.90 bits per heavy atom. The van der Waals surface area contributed by atoms with Gasteiger partial charge in [-0.15, -0.1) is 0 Å². The molecule has 3 nitrogen and oxygen atoms in total. The van der Waals surface area contributed by atoms with Gasteiger partial charge in [0.1, 0.15) is 11.4 Å². The van der Waals surface area contributed by atoms with Crippen molar-refractivity contribution in [1.29, 1.82) is 0 Å². The molecule has 0 saturated carbocycles. The lowest BCUT2D eigenvalue weighted by atomic mass is 10.4. The summed E-state index contributed by atoms with van der Waals surface area (Å²) in [5, 5.41) is 0. The van der Waals surface area contributed by atoms with Gasteiger partial charge in [-0.05, 0) is 22.9 Å². The molecule has 0 saturated heterocycles. The van der Waals surface area contributed by atoms with Gasteiger partial charge in [-0.3, -0.25) is 0 Å². The summed E-state index contributed by atoms with van der Waals surface area (Å²) in [5.74, 6) is 0.607. The summed E-state index contributed by atoms with van der Waals surface area (Å²) in [6.45, 7) is 1.72. The van der Waals surface area contributed by atoms with Gasteiger partial charge in [0.25, 0.3) is 0 Å². The maximum Gasteiger partial charge on any atom is 0.240 e. The van der Waals surface area contributed by atoms with Gasteiger partial charge in [0.15, 0.2) is 4.67 Å². The number of isocyanates is 1. The highest BCUT2D eigenvalue weighted by Gasteiger charge is 2.02. The van der Waals surface area contributed by atoms with Crippen LogP contribution in [0.25, 0.3) is 0 Å². The zero-order chi connectivity index (χ0) is 7.56. The first-order valence-corrected chi connectivity index (χ1v) is 3.37. The molecule has 0 N–H and O–H groups in total. The lowest BCUT2D eigenvalue weighted by Crippen LogP contribution is -1.59. The van der Waals surface area contributed by atoms with E-state index in [4.69, 9.17) is 4.42 Å². The highest BCUT2D eigenvalue weighted by atomic mass is 79.9. The van der Waals surface area contributed by atoms with Crippen LogP contribution in [0.5, 0.6) is 0 Å². The minimum atomic E-state index is 0.516. The quantitative estimate of drug-likeness (QED) is 0.517. The van der Waals surface area contributed by atoms with Gasteiger partial charge in [-0.25, -0.2) is 4.79 Å². The molecule has 0 aliphatic heterocycles. The van der Waals surface area contributed by atoms with Crippen LogP contribution in [0.4, 0.5) is 5.69 Å². The van der Waals surface area contributed by atoms with E-state index in [9.17, 15) is 4.79 Å². The van der Waals surface area contributed by atoms with Gasteiger partial charge < -0.3 is 4.42 Å². The molecule has 0 aliphatic carbocycles. The minimum absolute atomic E-state index is 0.516. The Bertz CT molecular complexity index is 286. The van der Waals surface area contributed by atoms with E-state index in [1.165, 1.54) is 6.08 Å². The number of rotatable bonds is 1. The summed E-state index contributed by atoms with van der Waals surface area (Å²) in [5.41, 5.74) is 0.516. The molecule has 1 aromatic heterocycles. The summed E-state index contributed by atoms with van der Waals surface area (Å²) in [7, 11) is 0. The van der Waals surface area contributed by atoms with Crippen molar-refractivity contribution >= 4 is 27.7 Å². The number of hydrogen-bond donors (Lipinski definition) is 0. The Labute approximate surface area is 65.9 Å². The van der Waals surface area contributed by atoms with E-state index in [1.54, 1.807) is 13.0 Å². The third-order valence-electron chi connectivity index (χ3n) is 1.03. The van der Waals surface area contributed by atoms with Crippen LogP contribution >= 0.6 is 15.9 Å². The second-order valence-electron chi connectivity index (χ2n) is 1.70. The molecule has 0 fully saturated rings. The monoisotopic (exact) mass is 201 g/mol. The van der Waals surface area contributed by atoms with Gasteiger partial charge in [-0.1, -0.05) is 0 Å². The van der Waals surface area contributed by atoms with Crippen molar-refractivity contribution in [2.45, 2.75) is 6.92 Å². The predicted octanol–water partition coefficient (Wildman–Crippen LogP) is 2.32. The molecule has 10 heavy (non-hydrogen) atoms. The first-order chi connectivity index (χ1) is 4.74. The van der Waals surface area contributed by atoms with Crippen LogP contribution < -0.4 is 0 Å². The summed E-state index contributed by atoms with van der Waals surface area (Å²) >= 11 is 3.10. The van der Waals surface area contributed by atoms with Crippen molar-refractivity contribution in [2.75, 3.05) is 0 Å². The Hall–Kier alpha value is -0.860. The number of nitrogens with zero attached hydrogens (tertiary/aromatic N) is 1. The average molecular weight is 202 g/mol. The lowest BCUT2D eigenvalue weighted by molar-refractivity contribution is 0.510. The van der Waals surface area contributed by atoms with Crippen molar-refractivity contribution < 1.29 is 9.21 Å². The van der Waals surface area contributed by atoms with Crippen molar-refractivity contribution in [3.8, 4) is 0 Å². The first kappa shape index (κ1) is 7.25. The second-order valence-corrected chi connectivity index (χ2v) is 2.48. The number of hydrogen-bond acceptors (Lipinski definition) is 3. The summed E-state index contributed by atoms with van der Waals surface area (Å²) < 4.78 is 5.58. The highest BCUT2D eigenvalue weighted by Crippen LogP contribution is 2.25. The number of furan rings is 1. The van der Waals surface area contributed by atoms with Gasteiger partial charge in [0.05, 0.1) is 0 Å². The molecule has 0 spiro atoms. The third kappa shape index (κ3) is 1.35. The molecule has 1 rings (SSSR count). The van der Waals surface area contributed by atoms with E-state index >= 15 is 0 Å². The van der Waals surface area contributed by atoms with Gasteiger partial charge in [0.2, 0.25) is 6.08 Å². The van der Waals surface area contributed by atoms with E-state index in [1.807, 2.05) is 0 Å². The molecule has 0 unspecified atom stereocenters. The van der Waals surface area contributed by atoms with Gasteiger partial charge in [-0.2, -0.15) is 4.99 Å². The van der Waals surface area contributed by atoms with E-state index in [0.717, 1.165) is 0 Å². The Morgan fingerprint density at radius 2 is 2.50 bits per heavy atom. The SMILES string of the molecule is Cc1oc(Br)cc1N=C=O. The molecule has 0 bridgehead atoms. The number of carbonyl (C=O) groups excluding carboxylic acids is 1. The maximum atomic E-state index is 9.79. The van der Waals surface area contributed by atoms with E-state index in [2.05, 4.69) is 20.9 Å². The summed E-state index contributed by atoms with van der Waals surface area (Å²) in [6, 6.07) is 1.61. The third-order valence-corrected chi connectivity index (χ3v) is 1.42. The molecule has 1 aromatic rings. The Kier molecular flexibility index (Phi) is 2.04. The van der Waals surface area contributed by atoms with Crippen LogP contribution in [0.2, 0.25) is 0 Å². The largest absolute Gasteiger partial charge is 0.452 e. The standard InChI is InChI=1S/C6H4BrNO2/c1-4-5(8-3-9)2-6(7)10-4/h2H,1H3. The van der Waals surface area contributed by atoms with Crippen molar-refractivity contribution in [3.63, 3.8) is 0 Å². The normalized spacial score (nSPS) is 9.00. The van der Waals surface area contributed by atoms with Crippen LogP contribution in [0, 0.1) is 6.92 Å². The van der Waals surface area contributed by atoms with Crippen LogP contribution in [0.15, 0.2) is 20.1 Å². The molecule has 4 heteroatoms. The molecular weight excluding hydrogens is 198 g/mol. The number of aliphatic imine (C=N–C) groups is 1. The molecule has 0 atom stereocenters. The second kappa shape index (κ2) is 2.82. The maximum absolute atomic E-state index is 9.79. The molecule has 1 heterocycles. The summed E-state index contributed by atoms with van der Waals surface area (Å²) in [4.78, 5) is 13.2. The van der Waals surface area contributed by atoms with Crippen LogP contribution in [0.1, 0.15) is 5.76 Å². The molecule has 52 valence electrons. The van der Waals surface area contributed by atoms with E-state index < -0.39 is 0 Å². The van der Waals surface area contributed by atoms with Crippen molar-refractivity contribution in [2.24, 2.45) is 4.99 Å². The Balaban J connectivity index is 3.14. The van der Waals surface area contributed by atoms with Gasteiger partial charge >= 0.3 is 0 Å². The molecule has 0 amide bonds. The van der Waals surface area contributed by atoms with Gasteiger partial charge in [0, 0.05) is 6.07 Å². The topological polar surface area (TPSA) is 42.6 Å². The smallest absolute Gasteiger partial charge is 0.240 e. The van der Waals surface area contributed by atoms with E-state index in [-0.39, 0.29) is 0 Å². The first-order valence-electron chi connectivity index (χ1n) is 2.58. The average Bonchev–Trinajstić information content (AvgIpc) is 2.13. The minimum Gasteiger partial charge on any atom is -0.452 e. The number of aryl methyl sites for hydroxylation is 1. The van der Waals surface area contributed by atoms with Crippen molar-refractivity contribution in [1.82, 2.24) is 0 Å². The fraction of sp³-hybridized carbons (Fsp3) is 0.167. The fourth-order valence-corrected chi connectivity index (χ4v) is 1.06. The summed E-state index contributed by atoms with van der Waals surface area (Å²) in [6.07, 6.45) is 1.43. The van der Waals surface area contributed by atoms with Crippen LogP contribution in [-0.4, -0.2) is 6.08 Å². The lowest BCUT2D eigenvalue weighted by Gasteiger charge is -1.80.